The minimum absolute atomic E-state index is 0.131. The maximum Gasteiger partial charge on any atom is 0.242 e. The first kappa shape index (κ1) is 23.9. The van der Waals surface area contributed by atoms with E-state index in [1.807, 2.05) is 59.3 Å². The van der Waals surface area contributed by atoms with E-state index in [0.717, 1.165) is 55.0 Å². The van der Waals surface area contributed by atoms with Crippen LogP contribution in [0.15, 0.2) is 60.7 Å². The van der Waals surface area contributed by atoms with Crippen molar-refractivity contribution in [3.8, 4) is 5.75 Å². The van der Waals surface area contributed by atoms with Crippen LogP contribution in [0.25, 0.3) is 6.08 Å². The summed E-state index contributed by atoms with van der Waals surface area (Å²) in [4.78, 5) is 23.7. The van der Waals surface area contributed by atoms with Gasteiger partial charge in [0.15, 0.2) is 0 Å². The van der Waals surface area contributed by atoms with Crippen molar-refractivity contribution in [2.45, 2.75) is 6.42 Å². The number of carbonyl (C=O) groups excluding carboxylic acids is 1. The smallest absolute Gasteiger partial charge is 0.242 e. The van der Waals surface area contributed by atoms with Gasteiger partial charge in [-0.05, 0) is 23.3 Å². The van der Waals surface area contributed by atoms with Crippen LogP contribution in [-0.4, -0.2) is 78.5 Å². The molecule has 0 spiro atoms. The molecule has 2 heterocycles. The maximum absolute atomic E-state index is 12.9. The quantitative estimate of drug-likeness (QED) is 0.471. The van der Waals surface area contributed by atoms with Gasteiger partial charge in [-0.15, -0.1) is 0 Å². The fourth-order valence-corrected chi connectivity index (χ4v) is 4.53. The Morgan fingerprint density at radius 1 is 1.12 bits per heavy atom. The molecule has 0 radical (unpaired) electrons. The standard InChI is InChI=1S/C26H31N5O2S/c1-29(26-27-24(28-34-26)19-22-10-6-12-23(18-22)33-2)20-25(32)31-16-14-30(15-17-31)13-7-11-21-8-4-3-5-9-21/h3-12,18H,13-17,19-20H2,1-2H3/b11-7+. The SMILES string of the molecule is COc1cccc(Cc2nsc(N(C)CC(=O)N3CCN(C/C=C/c4ccccc4)CC3)n2)c1. The number of aromatic nitrogens is 2. The summed E-state index contributed by atoms with van der Waals surface area (Å²) in [5, 5.41) is 0.760. The Kier molecular flexibility index (Phi) is 8.27. The number of rotatable bonds is 9. The summed E-state index contributed by atoms with van der Waals surface area (Å²) in [7, 11) is 3.56. The van der Waals surface area contributed by atoms with E-state index < -0.39 is 0 Å². The number of anilines is 1. The lowest BCUT2D eigenvalue weighted by molar-refractivity contribution is -0.131. The molecule has 178 valence electrons. The summed E-state index contributed by atoms with van der Waals surface area (Å²) in [6.07, 6.45) is 4.98. The Balaban J connectivity index is 1.22. The van der Waals surface area contributed by atoms with Gasteiger partial charge in [-0.1, -0.05) is 54.6 Å². The number of ether oxygens (including phenoxy) is 1. The van der Waals surface area contributed by atoms with E-state index in [1.54, 1.807) is 7.11 Å². The Hall–Kier alpha value is -3.23. The molecular formula is C26H31N5O2S. The number of piperazine rings is 1. The number of likely N-dealkylation sites (N-methyl/N-ethyl adjacent to an activating group) is 1. The van der Waals surface area contributed by atoms with Gasteiger partial charge in [-0.2, -0.15) is 4.37 Å². The molecule has 8 heteroatoms. The summed E-state index contributed by atoms with van der Waals surface area (Å²) in [6, 6.07) is 18.2. The predicted octanol–water partition coefficient (Wildman–Crippen LogP) is 3.43. The summed E-state index contributed by atoms with van der Waals surface area (Å²) in [5.41, 5.74) is 2.31. The van der Waals surface area contributed by atoms with Gasteiger partial charge in [0.2, 0.25) is 11.0 Å². The van der Waals surface area contributed by atoms with Crippen molar-refractivity contribution in [1.82, 2.24) is 19.2 Å². The summed E-state index contributed by atoms with van der Waals surface area (Å²) in [6.45, 7) is 4.49. The molecule has 1 saturated heterocycles. The second kappa shape index (κ2) is 11.8. The third kappa shape index (κ3) is 6.65. The molecule has 1 aliphatic rings. The minimum atomic E-state index is 0.131. The fraction of sp³-hybridized carbons (Fsp3) is 0.346. The molecule has 0 atom stereocenters. The molecule has 2 aromatic carbocycles. The average molecular weight is 478 g/mol. The van der Waals surface area contributed by atoms with Gasteiger partial charge in [0, 0.05) is 57.7 Å². The molecular weight excluding hydrogens is 446 g/mol. The van der Waals surface area contributed by atoms with Crippen molar-refractivity contribution in [3.05, 3.63) is 77.6 Å². The van der Waals surface area contributed by atoms with E-state index in [4.69, 9.17) is 4.74 Å². The van der Waals surface area contributed by atoms with Crippen molar-refractivity contribution in [2.75, 3.05) is 58.3 Å². The second-order valence-corrected chi connectivity index (χ2v) is 9.10. The monoisotopic (exact) mass is 477 g/mol. The molecule has 0 saturated carbocycles. The Labute approximate surface area is 205 Å². The Morgan fingerprint density at radius 3 is 2.68 bits per heavy atom. The highest BCUT2D eigenvalue weighted by Crippen LogP contribution is 2.20. The third-order valence-electron chi connectivity index (χ3n) is 5.85. The van der Waals surface area contributed by atoms with Gasteiger partial charge in [0.05, 0.1) is 13.7 Å². The Bertz CT molecular complexity index is 1090. The van der Waals surface area contributed by atoms with Crippen LogP contribution in [0.4, 0.5) is 5.13 Å². The van der Waals surface area contributed by atoms with Gasteiger partial charge >= 0.3 is 0 Å². The molecule has 0 unspecified atom stereocenters. The highest BCUT2D eigenvalue weighted by Gasteiger charge is 2.22. The van der Waals surface area contributed by atoms with E-state index in [1.165, 1.54) is 17.1 Å². The molecule has 3 aromatic rings. The lowest BCUT2D eigenvalue weighted by Crippen LogP contribution is -2.50. The number of benzene rings is 2. The zero-order valence-corrected chi connectivity index (χ0v) is 20.6. The van der Waals surface area contributed by atoms with E-state index in [9.17, 15) is 4.79 Å². The first-order valence-electron chi connectivity index (χ1n) is 11.5. The number of hydrogen-bond donors (Lipinski definition) is 0. The number of methoxy groups -OCH3 is 1. The van der Waals surface area contributed by atoms with Crippen molar-refractivity contribution < 1.29 is 9.53 Å². The first-order valence-corrected chi connectivity index (χ1v) is 12.3. The number of hydrogen-bond acceptors (Lipinski definition) is 7. The highest BCUT2D eigenvalue weighted by molar-refractivity contribution is 7.09. The zero-order chi connectivity index (χ0) is 23.8. The van der Waals surface area contributed by atoms with E-state index >= 15 is 0 Å². The maximum atomic E-state index is 12.9. The first-order chi connectivity index (χ1) is 16.6. The normalized spacial score (nSPS) is 14.5. The Morgan fingerprint density at radius 2 is 1.91 bits per heavy atom. The summed E-state index contributed by atoms with van der Waals surface area (Å²) >= 11 is 1.33. The fourth-order valence-electron chi connectivity index (χ4n) is 3.89. The van der Waals surface area contributed by atoms with Gasteiger partial charge in [0.25, 0.3) is 0 Å². The largest absolute Gasteiger partial charge is 0.497 e. The molecule has 1 fully saturated rings. The molecule has 7 nitrogen and oxygen atoms in total. The average Bonchev–Trinajstić information content (AvgIpc) is 3.34. The summed E-state index contributed by atoms with van der Waals surface area (Å²) < 4.78 is 9.76. The van der Waals surface area contributed by atoms with Crippen LogP contribution >= 0.6 is 11.5 Å². The van der Waals surface area contributed by atoms with Crippen LogP contribution in [0.1, 0.15) is 17.0 Å². The van der Waals surface area contributed by atoms with Crippen LogP contribution in [0.2, 0.25) is 0 Å². The van der Waals surface area contributed by atoms with Crippen molar-refractivity contribution in [1.29, 1.82) is 0 Å². The molecule has 1 aliphatic heterocycles. The second-order valence-electron chi connectivity index (χ2n) is 8.37. The van der Waals surface area contributed by atoms with Gasteiger partial charge in [0.1, 0.15) is 11.6 Å². The molecule has 0 aliphatic carbocycles. The number of carbonyl (C=O) groups is 1. The van der Waals surface area contributed by atoms with Crippen LogP contribution < -0.4 is 9.64 Å². The van der Waals surface area contributed by atoms with Crippen LogP contribution in [0, 0.1) is 0 Å². The lowest BCUT2D eigenvalue weighted by atomic mass is 10.1. The molecule has 1 amide bonds. The molecule has 0 bridgehead atoms. The summed E-state index contributed by atoms with van der Waals surface area (Å²) in [5.74, 6) is 1.71. The van der Waals surface area contributed by atoms with Gasteiger partial charge in [-0.25, -0.2) is 4.98 Å². The van der Waals surface area contributed by atoms with E-state index in [-0.39, 0.29) is 5.91 Å². The van der Waals surface area contributed by atoms with Crippen molar-refractivity contribution in [3.63, 3.8) is 0 Å². The van der Waals surface area contributed by atoms with Crippen molar-refractivity contribution >= 4 is 28.6 Å². The van der Waals surface area contributed by atoms with E-state index in [0.29, 0.717) is 13.0 Å². The predicted molar refractivity (Wildman–Crippen MR) is 137 cm³/mol. The van der Waals surface area contributed by atoms with Crippen LogP contribution in [0.5, 0.6) is 5.75 Å². The number of nitrogens with zero attached hydrogens (tertiary/aromatic N) is 5. The topological polar surface area (TPSA) is 61.8 Å². The third-order valence-corrected chi connectivity index (χ3v) is 6.72. The van der Waals surface area contributed by atoms with Crippen LogP contribution in [-0.2, 0) is 11.2 Å². The lowest BCUT2D eigenvalue weighted by Gasteiger charge is -2.34. The number of amides is 1. The molecule has 34 heavy (non-hydrogen) atoms. The van der Waals surface area contributed by atoms with E-state index in [2.05, 4.69) is 38.5 Å². The van der Waals surface area contributed by atoms with Crippen molar-refractivity contribution in [2.24, 2.45) is 0 Å². The zero-order valence-electron chi connectivity index (χ0n) is 19.8. The molecule has 1 aromatic heterocycles. The van der Waals surface area contributed by atoms with Crippen LogP contribution in [0.3, 0.4) is 0 Å². The molecule has 4 rings (SSSR count). The van der Waals surface area contributed by atoms with Gasteiger partial charge in [-0.3, -0.25) is 9.69 Å². The minimum Gasteiger partial charge on any atom is -0.497 e. The molecule has 0 N–H and O–H groups in total. The van der Waals surface area contributed by atoms with Gasteiger partial charge < -0.3 is 14.5 Å². The highest BCUT2D eigenvalue weighted by atomic mass is 32.1.